The maximum absolute atomic E-state index is 11.0. The molecule has 0 aromatic carbocycles. The van der Waals surface area contributed by atoms with Crippen LogP contribution in [0.1, 0.15) is 40.0 Å². The highest BCUT2D eigenvalue weighted by molar-refractivity contribution is 6.01. The van der Waals surface area contributed by atoms with Gasteiger partial charge in [-0.3, -0.25) is 9.59 Å². The number of hydrogen-bond donors (Lipinski definition) is 1. The van der Waals surface area contributed by atoms with E-state index in [9.17, 15) is 9.59 Å². The van der Waals surface area contributed by atoms with Gasteiger partial charge in [0, 0.05) is 0 Å². The zero-order chi connectivity index (χ0) is 9.78. The topological polar surface area (TPSA) is 54.4 Å². The molecule has 0 aromatic rings. The molecular weight excluding hydrogens is 156 g/mol. The van der Waals surface area contributed by atoms with Crippen LogP contribution in [0.5, 0.6) is 0 Å². The van der Waals surface area contributed by atoms with Crippen LogP contribution in [0.25, 0.3) is 0 Å². The van der Waals surface area contributed by atoms with E-state index in [2.05, 4.69) is 0 Å². The highest BCUT2D eigenvalue weighted by Gasteiger charge is 2.37. The quantitative estimate of drug-likeness (QED) is 0.644. The zero-order valence-electron chi connectivity index (χ0n) is 7.89. The molecule has 0 saturated carbocycles. The fourth-order valence-corrected chi connectivity index (χ4v) is 0.964. The van der Waals surface area contributed by atoms with Crippen LogP contribution in [0.2, 0.25) is 0 Å². The molecule has 12 heavy (non-hydrogen) atoms. The molecule has 0 amide bonds. The fourth-order valence-electron chi connectivity index (χ4n) is 0.964. The molecule has 0 spiro atoms. The Labute approximate surface area is 72.8 Å². The minimum Gasteiger partial charge on any atom is -0.481 e. The van der Waals surface area contributed by atoms with E-state index in [1.807, 2.05) is 6.92 Å². The van der Waals surface area contributed by atoms with Crippen molar-refractivity contribution in [3.63, 3.8) is 0 Å². The Bertz CT molecular complexity index is 170. The zero-order valence-corrected chi connectivity index (χ0v) is 7.89. The maximum Gasteiger partial charge on any atom is 0.316 e. The van der Waals surface area contributed by atoms with Gasteiger partial charge in [-0.1, -0.05) is 19.8 Å². The first kappa shape index (κ1) is 11.1. The summed E-state index contributed by atoms with van der Waals surface area (Å²) in [5, 5.41) is 8.81. The Morgan fingerprint density at radius 1 is 1.42 bits per heavy atom. The molecule has 0 saturated heterocycles. The van der Waals surface area contributed by atoms with Crippen molar-refractivity contribution in [3.05, 3.63) is 0 Å². The van der Waals surface area contributed by atoms with Gasteiger partial charge in [0.2, 0.25) is 0 Å². The van der Waals surface area contributed by atoms with Crippen LogP contribution in [0.4, 0.5) is 0 Å². The van der Waals surface area contributed by atoms with Crippen LogP contribution in [-0.4, -0.2) is 16.9 Å². The third-order valence-corrected chi connectivity index (χ3v) is 2.28. The molecule has 0 aliphatic heterocycles. The number of unbranched alkanes of at least 4 members (excludes halogenated alkanes) is 1. The predicted molar refractivity (Wildman–Crippen MR) is 45.9 cm³/mol. The van der Waals surface area contributed by atoms with Gasteiger partial charge >= 0.3 is 5.97 Å². The summed E-state index contributed by atoms with van der Waals surface area (Å²) in [4.78, 5) is 21.8. The first-order valence-corrected chi connectivity index (χ1v) is 4.19. The fraction of sp³-hybridized carbons (Fsp3) is 0.778. The summed E-state index contributed by atoms with van der Waals surface area (Å²) in [6.45, 7) is 4.81. The minimum atomic E-state index is -1.17. The number of carbonyl (C=O) groups is 2. The summed E-state index contributed by atoms with van der Waals surface area (Å²) in [7, 11) is 0. The molecule has 0 unspecified atom stereocenters. The van der Waals surface area contributed by atoms with Gasteiger partial charge in [0.15, 0.2) is 0 Å². The van der Waals surface area contributed by atoms with Gasteiger partial charge in [-0.25, -0.2) is 0 Å². The number of ketones is 1. The highest BCUT2D eigenvalue weighted by Crippen LogP contribution is 2.25. The number of Topliss-reactive ketones (excluding diaryl/α,β-unsaturated/α-hetero) is 1. The number of carbonyl (C=O) groups excluding carboxylic acids is 1. The molecule has 0 aliphatic carbocycles. The number of aliphatic carboxylic acids is 1. The van der Waals surface area contributed by atoms with Crippen molar-refractivity contribution in [1.82, 2.24) is 0 Å². The van der Waals surface area contributed by atoms with Crippen molar-refractivity contribution in [2.75, 3.05) is 0 Å². The third-order valence-electron chi connectivity index (χ3n) is 2.28. The van der Waals surface area contributed by atoms with E-state index in [1.165, 1.54) is 13.8 Å². The molecule has 0 heterocycles. The van der Waals surface area contributed by atoms with Crippen molar-refractivity contribution in [2.45, 2.75) is 40.0 Å². The van der Waals surface area contributed by atoms with Crippen molar-refractivity contribution in [3.8, 4) is 0 Å². The predicted octanol–water partition coefficient (Wildman–Crippen LogP) is 1.86. The number of hydrogen-bond acceptors (Lipinski definition) is 2. The Morgan fingerprint density at radius 2 is 1.92 bits per heavy atom. The Balaban J connectivity index is 4.40. The molecule has 0 aliphatic rings. The summed E-state index contributed by atoms with van der Waals surface area (Å²) in [6, 6.07) is 0. The average molecular weight is 172 g/mol. The summed E-state index contributed by atoms with van der Waals surface area (Å²) in [5.41, 5.74) is -1.17. The summed E-state index contributed by atoms with van der Waals surface area (Å²) >= 11 is 0. The monoisotopic (exact) mass is 172 g/mol. The second kappa shape index (κ2) is 4.24. The minimum absolute atomic E-state index is 0.261. The molecule has 0 fully saturated rings. The van der Waals surface area contributed by atoms with Gasteiger partial charge in [0.1, 0.15) is 11.2 Å². The van der Waals surface area contributed by atoms with Crippen molar-refractivity contribution in [2.24, 2.45) is 5.41 Å². The summed E-state index contributed by atoms with van der Waals surface area (Å²) in [5.74, 6) is -1.27. The molecule has 0 bridgehead atoms. The molecule has 3 heteroatoms. The van der Waals surface area contributed by atoms with E-state index in [1.54, 1.807) is 0 Å². The van der Waals surface area contributed by atoms with E-state index in [0.717, 1.165) is 12.8 Å². The lowest BCUT2D eigenvalue weighted by Gasteiger charge is -2.20. The van der Waals surface area contributed by atoms with E-state index in [-0.39, 0.29) is 5.78 Å². The smallest absolute Gasteiger partial charge is 0.316 e. The molecule has 1 atom stereocenters. The SMILES string of the molecule is CCCC[C@@](C)(C(C)=O)C(=O)O. The standard InChI is InChI=1S/C9H16O3/c1-4-5-6-9(3,7(2)10)8(11)12/h4-6H2,1-3H3,(H,11,12)/t9-/m0/s1. The lowest BCUT2D eigenvalue weighted by Crippen LogP contribution is -2.34. The highest BCUT2D eigenvalue weighted by atomic mass is 16.4. The second-order valence-electron chi connectivity index (χ2n) is 3.30. The Hall–Kier alpha value is -0.860. The average Bonchev–Trinajstić information content (AvgIpc) is 1.99. The van der Waals surface area contributed by atoms with Crippen LogP contribution in [0.15, 0.2) is 0 Å². The largest absolute Gasteiger partial charge is 0.481 e. The maximum atomic E-state index is 11.0. The van der Waals surface area contributed by atoms with Gasteiger partial charge in [-0.2, -0.15) is 0 Å². The summed E-state index contributed by atoms with van der Waals surface area (Å²) in [6.07, 6.45) is 2.13. The van der Waals surface area contributed by atoms with E-state index in [0.29, 0.717) is 6.42 Å². The molecule has 0 aromatic heterocycles. The van der Waals surface area contributed by atoms with E-state index in [4.69, 9.17) is 5.11 Å². The first-order chi connectivity index (χ1) is 5.45. The van der Waals surface area contributed by atoms with Gasteiger partial charge < -0.3 is 5.11 Å². The molecule has 3 nitrogen and oxygen atoms in total. The second-order valence-corrected chi connectivity index (χ2v) is 3.30. The molecule has 0 rings (SSSR count). The van der Waals surface area contributed by atoms with Crippen LogP contribution in [-0.2, 0) is 9.59 Å². The lowest BCUT2D eigenvalue weighted by atomic mass is 9.81. The normalized spacial score (nSPS) is 15.2. The van der Waals surface area contributed by atoms with Gasteiger partial charge in [-0.05, 0) is 20.3 Å². The van der Waals surface area contributed by atoms with E-state index < -0.39 is 11.4 Å². The van der Waals surface area contributed by atoms with E-state index >= 15 is 0 Å². The first-order valence-electron chi connectivity index (χ1n) is 4.19. The van der Waals surface area contributed by atoms with Gasteiger partial charge in [0.05, 0.1) is 0 Å². The number of carboxylic acids is 1. The van der Waals surface area contributed by atoms with Gasteiger partial charge in [-0.15, -0.1) is 0 Å². The Kier molecular flexibility index (Phi) is 3.93. The molecule has 1 N–H and O–H groups in total. The Morgan fingerprint density at radius 3 is 2.17 bits per heavy atom. The molecule has 70 valence electrons. The van der Waals surface area contributed by atoms with Crippen LogP contribution in [0.3, 0.4) is 0 Å². The van der Waals surface area contributed by atoms with Crippen molar-refractivity contribution < 1.29 is 14.7 Å². The molecular formula is C9H16O3. The van der Waals surface area contributed by atoms with Gasteiger partial charge in [0.25, 0.3) is 0 Å². The van der Waals surface area contributed by atoms with Crippen molar-refractivity contribution in [1.29, 1.82) is 0 Å². The molecule has 0 radical (unpaired) electrons. The number of rotatable bonds is 5. The lowest BCUT2D eigenvalue weighted by molar-refractivity contribution is -0.153. The van der Waals surface area contributed by atoms with Crippen molar-refractivity contribution >= 4 is 11.8 Å². The van der Waals surface area contributed by atoms with Crippen LogP contribution in [0, 0.1) is 5.41 Å². The summed E-state index contributed by atoms with van der Waals surface area (Å²) < 4.78 is 0. The van der Waals surface area contributed by atoms with Crippen LogP contribution >= 0.6 is 0 Å². The van der Waals surface area contributed by atoms with Crippen LogP contribution < -0.4 is 0 Å². The third kappa shape index (κ3) is 2.32. The number of carboxylic acid groups (broad SMARTS) is 1.